The van der Waals surface area contributed by atoms with Gasteiger partial charge >= 0.3 is 6.18 Å². The summed E-state index contributed by atoms with van der Waals surface area (Å²) in [7, 11) is 0. The maximum Gasteiger partial charge on any atom is 0.434 e. The van der Waals surface area contributed by atoms with Crippen LogP contribution in [0.25, 0.3) is 0 Å². The van der Waals surface area contributed by atoms with Gasteiger partial charge in [0, 0.05) is 31.5 Å². The number of carbonyl (C=O) groups excluding carboxylic acids is 1. The second-order valence-corrected chi connectivity index (χ2v) is 7.25. The Hall–Kier alpha value is -1.22. The quantitative estimate of drug-likeness (QED) is 0.867. The fraction of sp³-hybridized carbons (Fsp3) is 0.714. The number of fused-ring (bicyclic) bond motifs is 1. The van der Waals surface area contributed by atoms with E-state index in [2.05, 4.69) is 10.3 Å². The van der Waals surface area contributed by atoms with Crippen molar-refractivity contribution < 1.29 is 23.1 Å². The minimum absolute atomic E-state index is 0.0411. The molecule has 2 N–H and O–H groups in total. The van der Waals surface area contributed by atoms with E-state index >= 15 is 0 Å². The molecule has 1 aromatic heterocycles. The first-order chi connectivity index (χ1) is 10.8. The van der Waals surface area contributed by atoms with Gasteiger partial charge in [-0.05, 0) is 24.5 Å². The molecule has 1 aromatic rings. The lowest BCUT2D eigenvalue weighted by atomic mass is 9.98. The van der Waals surface area contributed by atoms with Crippen molar-refractivity contribution >= 4 is 17.7 Å². The normalized spacial score (nSPS) is 27.7. The van der Waals surface area contributed by atoms with E-state index in [1.807, 2.05) is 0 Å². The molecule has 3 heterocycles. The molecule has 128 valence electrons. The van der Waals surface area contributed by atoms with E-state index in [0.717, 1.165) is 11.9 Å². The summed E-state index contributed by atoms with van der Waals surface area (Å²) in [6.45, 7) is 0.747. The molecule has 0 radical (unpaired) electrons. The van der Waals surface area contributed by atoms with E-state index < -0.39 is 17.5 Å². The Morgan fingerprint density at radius 2 is 2.35 bits per heavy atom. The van der Waals surface area contributed by atoms with Crippen LogP contribution in [-0.2, 0) is 23.9 Å². The van der Waals surface area contributed by atoms with Crippen molar-refractivity contribution in [3.63, 3.8) is 0 Å². The molecule has 0 spiro atoms. The molecule has 1 saturated heterocycles. The minimum Gasteiger partial charge on any atom is -0.379 e. The zero-order chi connectivity index (χ0) is 16.7. The van der Waals surface area contributed by atoms with Crippen molar-refractivity contribution in [3.05, 3.63) is 17.7 Å². The first-order valence-electron chi connectivity index (χ1n) is 7.49. The highest BCUT2D eigenvalue weighted by Crippen LogP contribution is 2.31. The van der Waals surface area contributed by atoms with E-state index in [1.54, 1.807) is 0 Å². The summed E-state index contributed by atoms with van der Waals surface area (Å²) in [6.07, 6.45) is -1.84. The molecule has 2 aliphatic heterocycles. The van der Waals surface area contributed by atoms with Crippen molar-refractivity contribution in [3.8, 4) is 0 Å². The first kappa shape index (κ1) is 16.6. The van der Waals surface area contributed by atoms with E-state index in [9.17, 15) is 23.1 Å². The molecule has 3 rings (SSSR count). The molecule has 0 unspecified atom stereocenters. The van der Waals surface area contributed by atoms with E-state index in [4.69, 9.17) is 0 Å². The van der Waals surface area contributed by atoms with Crippen LogP contribution in [0.15, 0.2) is 6.20 Å². The average molecular weight is 349 g/mol. The van der Waals surface area contributed by atoms with Gasteiger partial charge in [0.2, 0.25) is 0 Å². The first-order valence-corrected chi connectivity index (χ1v) is 8.65. The SMILES string of the molecule is O=C(NC[C@H]1CCc2nc(C(F)(F)F)cn2C1)[C@@]1(O)CCSC1. The van der Waals surface area contributed by atoms with Crippen LogP contribution in [0.2, 0.25) is 0 Å². The highest BCUT2D eigenvalue weighted by Gasteiger charge is 2.40. The molecule has 2 atom stereocenters. The fourth-order valence-corrected chi connectivity index (χ4v) is 4.19. The highest BCUT2D eigenvalue weighted by atomic mass is 32.2. The van der Waals surface area contributed by atoms with Gasteiger partial charge < -0.3 is 15.0 Å². The number of aromatic nitrogens is 2. The third-order valence-corrected chi connectivity index (χ3v) is 5.53. The van der Waals surface area contributed by atoms with Crippen LogP contribution in [0, 0.1) is 5.92 Å². The lowest BCUT2D eigenvalue weighted by Gasteiger charge is -2.26. The highest BCUT2D eigenvalue weighted by molar-refractivity contribution is 7.99. The Morgan fingerprint density at radius 3 is 3.00 bits per heavy atom. The maximum atomic E-state index is 12.7. The van der Waals surface area contributed by atoms with Crippen LogP contribution in [0.1, 0.15) is 24.4 Å². The number of aryl methyl sites for hydroxylation is 1. The van der Waals surface area contributed by atoms with Crippen molar-refractivity contribution in [1.29, 1.82) is 0 Å². The number of alkyl halides is 3. The van der Waals surface area contributed by atoms with Gasteiger partial charge in [0.15, 0.2) is 11.3 Å². The Labute approximate surface area is 135 Å². The number of hydrogen-bond donors (Lipinski definition) is 2. The van der Waals surface area contributed by atoms with Crippen molar-refractivity contribution in [2.24, 2.45) is 5.92 Å². The van der Waals surface area contributed by atoms with E-state index in [0.29, 0.717) is 43.9 Å². The van der Waals surface area contributed by atoms with Crippen LogP contribution < -0.4 is 5.32 Å². The Balaban J connectivity index is 1.57. The van der Waals surface area contributed by atoms with Crippen LogP contribution in [0.4, 0.5) is 13.2 Å². The van der Waals surface area contributed by atoms with Gasteiger partial charge in [-0.2, -0.15) is 24.9 Å². The molecule has 1 amide bonds. The monoisotopic (exact) mass is 349 g/mol. The second-order valence-electron chi connectivity index (χ2n) is 6.14. The number of halogens is 3. The van der Waals surface area contributed by atoms with Crippen molar-refractivity contribution in [2.75, 3.05) is 18.1 Å². The van der Waals surface area contributed by atoms with Gasteiger partial charge in [0.05, 0.1) is 0 Å². The summed E-state index contributed by atoms with van der Waals surface area (Å²) in [5, 5.41) is 12.9. The summed E-state index contributed by atoms with van der Waals surface area (Å²) in [4.78, 5) is 15.7. The molecular formula is C14H18F3N3O2S. The van der Waals surface area contributed by atoms with Gasteiger partial charge in [-0.1, -0.05) is 0 Å². The number of imidazole rings is 1. The van der Waals surface area contributed by atoms with Crippen molar-refractivity contribution in [2.45, 2.75) is 37.6 Å². The molecule has 2 aliphatic rings. The summed E-state index contributed by atoms with van der Waals surface area (Å²) in [6, 6.07) is 0. The number of aliphatic hydroxyl groups is 1. The number of carbonyl (C=O) groups is 1. The van der Waals surface area contributed by atoms with Crippen LogP contribution in [-0.4, -0.2) is 44.2 Å². The third-order valence-electron chi connectivity index (χ3n) is 4.36. The number of hydrogen-bond acceptors (Lipinski definition) is 4. The molecule has 0 aromatic carbocycles. The number of rotatable bonds is 3. The van der Waals surface area contributed by atoms with E-state index in [1.165, 1.54) is 16.3 Å². The summed E-state index contributed by atoms with van der Waals surface area (Å²) >= 11 is 1.54. The predicted molar refractivity (Wildman–Crippen MR) is 78.9 cm³/mol. The van der Waals surface area contributed by atoms with Gasteiger partial charge in [-0.15, -0.1) is 0 Å². The third kappa shape index (κ3) is 3.50. The number of nitrogens with zero attached hydrogens (tertiary/aromatic N) is 2. The van der Waals surface area contributed by atoms with E-state index in [-0.39, 0.29) is 11.8 Å². The standard InChI is InChI=1S/C14H18F3N3O2S/c15-14(16,17)10-7-20-6-9(1-2-11(20)19-10)5-18-12(21)13(22)3-4-23-8-13/h7,9,22H,1-6,8H2,(H,18,21)/t9-,13-/m1/s1. The topological polar surface area (TPSA) is 67.2 Å². The molecule has 23 heavy (non-hydrogen) atoms. The average Bonchev–Trinajstić information content (AvgIpc) is 3.10. The molecule has 0 bridgehead atoms. The lowest BCUT2D eigenvalue weighted by Crippen LogP contribution is -2.48. The molecule has 1 fully saturated rings. The van der Waals surface area contributed by atoms with Gasteiger partial charge in [-0.25, -0.2) is 4.98 Å². The largest absolute Gasteiger partial charge is 0.434 e. The van der Waals surface area contributed by atoms with Gasteiger partial charge in [0.25, 0.3) is 5.91 Å². The number of nitrogens with one attached hydrogen (secondary N) is 1. The molecule has 0 aliphatic carbocycles. The Bertz CT molecular complexity index is 597. The molecule has 9 heteroatoms. The summed E-state index contributed by atoms with van der Waals surface area (Å²) in [5.74, 6) is 1.25. The fourth-order valence-electron chi connectivity index (χ4n) is 2.95. The second kappa shape index (κ2) is 6.01. The smallest absolute Gasteiger partial charge is 0.379 e. The summed E-state index contributed by atoms with van der Waals surface area (Å²) < 4.78 is 39.6. The van der Waals surface area contributed by atoms with Gasteiger partial charge in [-0.3, -0.25) is 4.79 Å². The predicted octanol–water partition coefficient (Wildman–Crippen LogP) is 1.45. The Morgan fingerprint density at radius 1 is 1.57 bits per heavy atom. The Kier molecular flexibility index (Phi) is 4.35. The zero-order valence-corrected chi connectivity index (χ0v) is 13.2. The molecule has 5 nitrogen and oxygen atoms in total. The summed E-state index contributed by atoms with van der Waals surface area (Å²) in [5.41, 5.74) is -2.17. The van der Waals surface area contributed by atoms with Gasteiger partial charge in [0.1, 0.15) is 5.82 Å². The number of amides is 1. The van der Waals surface area contributed by atoms with Crippen LogP contribution in [0.5, 0.6) is 0 Å². The van der Waals surface area contributed by atoms with Crippen molar-refractivity contribution in [1.82, 2.24) is 14.9 Å². The zero-order valence-electron chi connectivity index (χ0n) is 12.4. The molecule has 0 saturated carbocycles. The molecular weight excluding hydrogens is 331 g/mol. The van der Waals surface area contributed by atoms with Crippen LogP contribution in [0.3, 0.4) is 0 Å². The lowest BCUT2D eigenvalue weighted by molar-refractivity contribution is -0.141. The van der Waals surface area contributed by atoms with Crippen LogP contribution >= 0.6 is 11.8 Å². The maximum absolute atomic E-state index is 12.7. The minimum atomic E-state index is -4.43. The number of thioether (sulfide) groups is 1.